The summed E-state index contributed by atoms with van der Waals surface area (Å²) >= 11 is 0. The monoisotopic (exact) mass is 379 g/mol. The summed E-state index contributed by atoms with van der Waals surface area (Å²) in [6.45, 7) is 1.85. The first kappa shape index (κ1) is 19.7. The maximum Gasteiger partial charge on any atom is 0.305 e. The van der Waals surface area contributed by atoms with Crippen LogP contribution in [0.15, 0.2) is 47.4 Å². The fourth-order valence-electron chi connectivity index (χ4n) is 2.55. The van der Waals surface area contributed by atoms with E-state index in [-0.39, 0.29) is 10.6 Å². The SMILES string of the molecule is COc1cccc(C(CC(=O)O)NS(=O)(=O)c2ccc(C)cc2)c1OC. The highest BCUT2D eigenvalue weighted by atomic mass is 32.2. The minimum absolute atomic E-state index is 0.0559. The van der Waals surface area contributed by atoms with Crippen LogP contribution in [0, 0.1) is 6.92 Å². The first-order chi connectivity index (χ1) is 12.3. The smallest absolute Gasteiger partial charge is 0.305 e. The molecular weight excluding hydrogens is 358 g/mol. The van der Waals surface area contributed by atoms with E-state index in [1.54, 1.807) is 30.3 Å². The molecule has 0 spiro atoms. The zero-order valence-corrected chi connectivity index (χ0v) is 15.5. The fraction of sp³-hybridized carbons (Fsp3) is 0.278. The van der Waals surface area contributed by atoms with Crippen molar-refractivity contribution in [1.82, 2.24) is 4.72 Å². The Hall–Kier alpha value is -2.58. The van der Waals surface area contributed by atoms with Gasteiger partial charge in [0.1, 0.15) is 0 Å². The van der Waals surface area contributed by atoms with Gasteiger partial charge in [0.15, 0.2) is 11.5 Å². The maximum absolute atomic E-state index is 12.7. The van der Waals surface area contributed by atoms with Crippen molar-refractivity contribution in [2.75, 3.05) is 14.2 Å². The number of para-hydroxylation sites is 1. The van der Waals surface area contributed by atoms with Crippen LogP contribution in [0.4, 0.5) is 0 Å². The van der Waals surface area contributed by atoms with Gasteiger partial charge < -0.3 is 14.6 Å². The summed E-state index contributed by atoms with van der Waals surface area (Å²) in [6.07, 6.45) is -0.450. The van der Waals surface area contributed by atoms with Crippen LogP contribution in [0.1, 0.15) is 23.6 Å². The number of hydrogen-bond acceptors (Lipinski definition) is 5. The highest BCUT2D eigenvalue weighted by molar-refractivity contribution is 7.89. The minimum Gasteiger partial charge on any atom is -0.493 e. The van der Waals surface area contributed by atoms with Gasteiger partial charge in [-0.3, -0.25) is 4.79 Å². The number of carbonyl (C=O) groups is 1. The minimum atomic E-state index is -3.92. The van der Waals surface area contributed by atoms with Gasteiger partial charge in [0.2, 0.25) is 10.0 Å². The maximum atomic E-state index is 12.7. The number of ether oxygens (including phenoxy) is 2. The molecule has 140 valence electrons. The van der Waals surface area contributed by atoms with Crippen LogP contribution >= 0.6 is 0 Å². The van der Waals surface area contributed by atoms with Crippen LogP contribution < -0.4 is 14.2 Å². The average Bonchev–Trinajstić information content (AvgIpc) is 2.60. The second-order valence-corrected chi connectivity index (χ2v) is 7.38. The molecule has 8 heteroatoms. The summed E-state index contributed by atoms with van der Waals surface area (Å²) in [6, 6.07) is 10.2. The van der Waals surface area contributed by atoms with E-state index in [9.17, 15) is 18.3 Å². The Labute approximate surface area is 152 Å². The Morgan fingerprint density at radius 3 is 2.31 bits per heavy atom. The van der Waals surface area contributed by atoms with Gasteiger partial charge in [0.05, 0.1) is 31.6 Å². The van der Waals surface area contributed by atoms with Crippen molar-refractivity contribution in [2.24, 2.45) is 0 Å². The lowest BCUT2D eigenvalue weighted by Gasteiger charge is -2.21. The Kier molecular flexibility index (Phi) is 6.23. The summed E-state index contributed by atoms with van der Waals surface area (Å²) in [5, 5.41) is 9.23. The van der Waals surface area contributed by atoms with Crippen molar-refractivity contribution in [1.29, 1.82) is 0 Å². The third-order valence-electron chi connectivity index (χ3n) is 3.82. The van der Waals surface area contributed by atoms with E-state index >= 15 is 0 Å². The zero-order chi connectivity index (χ0) is 19.3. The number of aryl methyl sites for hydroxylation is 1. The van der Waals surface area contributed by atoms with Crippen molar-refractivity contribution < 1.29 is 27.8 Å². The molecule has 2 rings (SSSR count). The third-order valence-corrected chi connectivity index (χ3v) is 5.30. The lowest BCUT2D eigenvalue weighted by Crippen LogP contribution is -2.30. The Morgan fingerprint density at radius 2 is 1.77 bits per heavy atom. The van der Waals surface area contributed by atoms with Gasteiger partial charge in [-0.25, -0.2) is 13.1 Å². The van der Waals surface area contributed by atoms with E-state index < -0.39 is 28.5 Å². The topological polar surface area (TPSA) is 102 Å². The highest BCUT2D eigenvalue weighted by Gasteiger charge is 2.27. The van der Waals surface area contributed by atoms with Crippen LogP contribution in [-0.2, 0) is 14.8 Å². The molecule has 0 saturated carbocycles. The molecule has 2 N–H and O–H groups in total. The Bertz CT molecular complexity index is 877. The molecule has 0 aliphatic heterocycles. The normalized spacial score (nSPS) is 12.4. The first-order valence-electron chi connectivity index (χ1n) is 7.80. The van der Waals surface area contributed by atoms with Crippen molar-refractivity contribution in [3.63, 3.8) is 0 Å². The molecule has 0 heterocycles. The number of carboxylic acids is 1. The molecule has 26 heavy (non-hydrogen) atoms. The number of rotatable bonds is 8. The number of methoxy groups -OCH3 is 2. The van der Waals surface area contributed by atoms with E-state index in [2.05, 4.69) is 4.72 Å². The van der Waals surface area contributed by atoms with Gasteiger partial charge in [0, 0.05) is 5.56 Å². The number of sulfonamides is 1. The second kappa shape index (κ2) is 8.20. The van der Waals surface area contributed by atoms with E-state index in [1.165, 1.54) is 26.4 Å². The fourth-order valence-corrected chi connectivity index (χ4v) is 3.76. The van der Waals surface area contributed by atoms with Crippen molar-refractivity contribution in [2.45, 2.75) is 24.3 Å². The molecule has 0 aliphatic carbocycles. The Balaban J connectivity index is 2.46. The van der Waals surface area contributed by atoms with E-state index in [0.29, 0.717) is 11.3 Å². The number of benzene rings is 2. The van der Waals surface area contributed by atoms with Gasteiger partial charge in [-0.2, -0.15) is 0 Å². The largest absolute Gasteiger partial charge is 0.493 e. The summed E-state index contributed by atoms with van der Waals surface area (Å²) in [4.78, 5) is 11.4. The van der Waals surface area contributed by atoms with Gasteiger partial charge in [-0.05, 0) is 25.1 Å². The number of hydrogen-bond donors (Lipinski definition) is 2. The van der Waals surface area contributed by atoms with E-state index in [1.807, 2.05) is 6.92 Å². The van der Waals surface area contributed by atoms with Gasteiger partial charge in [0.25, 0.3) is 0 Å². The number of nitrogens with one attached hydrogen (secondary N) is 1. The van der Waals surface area contributed by atoms with Gasteiger partial charge >= 0.3 is 5.97 Å². The van der Waals surface area contributed by atoms with Gasteiger partial charge in [-0.1, -0.05) is 29.8 Å². The van der Waals surface area contributed by atoms with Crippen molar-refractivity contribution in [3.05, 3.63) is 53.6 Å². The summed E-state index contributed by atoms with van der Waals surface area (Å²) < 4.78 is 38.4. The van der Waals surface area contributed by atoms with Crippen molar-refractivity contribution >= 4 is 16.0 Å². The summed E-state index contributed by atoms with van der Waals surface area (Å²) in [5.74, 6) is -0.478. The molecule has 0 bridgehead atoms. The molecule has 1 unspecified atom stereocenters. The van der Waals surface area contributed by atoms with Crippen molar-refractivity contribution in [3.8, 4) is 11.5 Å². The average molecular weight is 379 g/mol. The third kappa shape index (κ3) is 4.53. The predicted octanol–water partition coefficient (Wildman–Crippen LogP) is 2.51. The molecule has 0 fully saturated rings. The molecule has 0 aromatic heterocycles. The van der Waals surface area contributed by atoms with E-state index in [0.717, 1.165) is 5.56 Å². The predicted molar refractivity (Wildman–Crippen MR) is 96.0 cm³/mol. The van der Waals surface area contributed by atoms with Crippen LogP contribution in [0.5, 0.6) is 11.5 Å². The molecule has 1 atom stereocenters. The Morgan fingerprint density at radius 1 is 1.12 bits per heavy atom. The van der Waals surface area contributed by atoms with Crippen LogP contribution in [-0.4, -0.2) is 33.7 Å². The molecule has 2 aromatic rings. The lowest BCUT2D eigenvalue weighted by molar-refractivity contribution is -0.137. The summed E-state index contributed by atoms with van der Waals surface area (Å²) in [7, 11) is -1.07. The lowest BCUT2D eigenvalue weighted by atomic mass is 10.0. The molecule has 2 aromatic carbocycles. The molecule has 0 aliphatic rings. The molecule has 7 nitrogen and oxygen atoms in total. The van der Waals surface area contributed by atoms with E-state index in [4.69, 9.17) is 9.47 Å². The zero-order valence-electron chi connectivity index (χ0n) is 14.7. The molecule has 0 amide bonds. The standard InChI is InChI=1S/C18H21NO6S/c1-12-7-9-13(10-8-12)26(22,23)19-15(11-17(20)21)14-5-4-6-16(24-2)18(14)25-3/h4-10,15,19H,11H2,1-3H3,(H,20,21). The van der Waals surface area contributed by atoms with Crippen LogP contribution in [0.25, 0.3) is 0 Å². The first-order valence-corrected chi connectivity index (χ1v) is 9.28. The number of aliphatic carboxylic acids is 1. The molecular formula is C18H21NO6S. The van der Waals surface area contributed by atoms with Crippen LogP contribution in [0.3, 0.4) is 0 Å². The second-order valence-electron chi connectivity index (χ2n) is 5.67. The summed E-state index contributed by atoms with van der Waals surface area (Å²) in [5.41, 5.74) is 1.30. The quantitative estimate of drug-likeness (QED) is 0.731. The highest BCUT2D eigenvalue weighted by Crippen LogP contribution is 2.36. The van der Waals surface area contributed by atoms with Gasteiger partial charge in [-0.15, -0.1) is 0 Å². The molecule has 0 radical (unpaired) electrons. The molecule has 0 saturated heterocycles. The van der Waals surface area contributed by atoms with Crippen LogP contribution in [0.2, 0.25) is 0 Å². The number of carboxylic acid groups (broad SMARTS) is 1.